The molecule has 0 bridgehead atoms. The lowest BCUT2D eigenvalue weighted by atomic mass is 9.75. The van der Waals surface area contributed by atoms with Crippen molar-refractivity contribution in [1.82, 2.24) is 0 Å². The summed E-state index contributed by atoms with van der Waals surface area (Å²) in [7, 11) is -1.34. The lowest BCUT2D eigenvalue weighted by molar-refractivity contribution is 0.471. The summed E-state index contributed by atoms with van der Waals surface area (Å²) >= 11 is 0. The second-order valence-corrected chi connectivity index (χ2v) is 32.8. The molecule has 0 aliphatic carbocycles. The van der Waals surface area contributed by atoms with Gasteiger partial charge >= 0.3 is 8.24 Å². The summed E-state index contributed by atoms with van der Waals surface area (Å²) in [5.41, 5.74) is 14.7. The molecule has 0 spiro atoms. The summed E-state index contributed by atoms with van der Waals surface area (Å²) in [6.45, 7) is 55.3. The van der Waals surface area contributed by atoms with Crippen LogP contribution in [-0.2, 0) is 43.3 Å². The summed E-state index contributed by atoms with van der Waals surface area (Å²) in [5.74, 6) is 1.61. The van der Waals surface area contributed by atoms with Crippen molar-refractivity contribution >= 4 is 49.5 Å². The molecule has 1 unspecified atom stereocenters. The molecule has 1 aliphatic rings. The van der Waals surface area contributed by atoms with Crippen LogP contribution in [0.15, 0.2) is 105 Å². The van der Waals surface area contributed by atoms with Gasteiger partial charge in [-0.3, -0.25) is 0 Å². The molecule has 0 fully saturated rings. The molecule has 1 aromatic heterocycles. The Balaban J connectivity index is 1.56. The largest absolute Gasteiger partial charge is 0.453 e. The van der Waals surface area contributed by atoms with Gasteiger partial charge < -0.3 is 22.1 Å². The van der Waals surface area contributed by atoms with Crippen LogP contribution in [0.4, 0.5) is 5.69 Å². The maximum absolute atomic E-state index is 7.93. The Hall–Kier alpha value is -4.95. The third-order valence-corrected chi connectivity index (χ3v) is 18.1. The van der Waals surface area contributed by atoms with Gasteiger partial charge in [0, 0.05) is 62.1 Å². The second-order valence-electron chi connectivity index (χ2n) is 30.0. The van der Waals surface area contributed by atoms with Gasteiger partial charge in [0.05, 0.1) is 5.69 Å². The quantitative estimate of drug-likeness (QED) is 0.161. The van der Waals surface area contributed by atoms with E-state index in [1.165, 1.54) is 38.7 Å². The topological polar surface area (TPSA) is 48.0 Å². The lowest BCUT2D eigenvalue weighted by Crippen LogP contribution is -2.28. The average Bonchev–Trinajstić information content (AvgIpc) is 3.43. The molecule has 0 N–H and O–H groups in total. The van der Waals surface area contributed by atoms with Crippen molar-refractivity contribution < 1.29 is 17.4 Å². The smallest absolute Gasteiger partial charge is 0.448 e. The summed E-state index contributed by atoms with van der Waals surface area (Å²) < 4.78 is 33.4. The highest BCUT2D eigenvalue weighted by Gasteiger charge is 2.38. The minimum atomic E-state index is -2.16. The average molecular weight is 1060 g/mol. The molecule has 0 radical (unpaired) electrons. The SMILES string of the molecule is CN1c2ccccc2-c2ccccc2P1Oc1c(-c2cc(C(C)(C)C)cc(C(C)(C)C)c2Op2oc3c(C(C)(C)C)cc(C(C)(C)C)cc3c3cc(C(C)(C)C)cc(C(C)(C)C)c3o2)cc(C(C)(C)C)cc1C(C)(C)C. The first-order valence-corrected chi connectivity index (χ1v) is 30.0. The molecule has 7 aromatic rings. The van der Waals surface area contributed by atoms with Crippen LogP contribution in [0.3, 0.4) is 0 Å². The fourth-order valence-electron chi connectivity index (χ4n) is 10.3. The van der Waals surface area contributed by atoms with Gasteiger partial charge in [0.25, 0.3) is 0 Å². The molecular weight excluding hydrogens is 969 g/mol. The van der Waals surface area contributed by atoms with Crippen molar-refractivity contribution in [2.45, 2.75) is 209 Å². The van der Waals surface area contributed by atoms with E-state index < -0.39 is 16.5 Å². The van der Waals surface area contributed by atoms with Crippen LogP contribution in [0.2, 0.25) is 0 Å². The van der Waals surface area contributed by atoms with E-state index in [-0.39, 0.29) is 43.3 Å². The third kappa shape index (κ3) is 11.2. The van der Waals surface area contributed by atoms with Gasteiger partial charge in [-0.25, -0.2) is 0 Å². The molecule has 5 nitrogen and oxygen atoms in total. The number of fused-ring (bicyclic) bond motifs is 6. The van der Waals surface area contributed by atoms with Gasteiger partial charge in [-0.05, 0) is 108 Å². The molecule has 1 atom stereocenters. The highest BCUT2D eigenvalue weighted by molar-refractivity contribution is 7.63. The molecule has 406 valence electrons. The van der Waals surface area contributed by atoms with Crippen molar-refractivity contribution in [2.75, 3.05) is 11.7 Å². The summed E-state index contributed by atoms with van der Waals surface area (Å²) in [4.78, 5) is 0. The Kier molecular flexibility index (Phi) is 14.4. The molecule has 8 rings (SSSR count). The highest BCUT2D eigenvalue weighted by Crippen LogP contribution is 2.58. The summed E-state index contributed by atoms with van der Waals surface area (Å²) in [6.07, 6.45) is 0. The molecule has 0 saturated heterocycles. The molecule has 76 heavy (non-hydrogen) atoms. The van der Waals surface area contributed by atoms with Gasteiger partial charge in [0.15, 0.2) is 0 Å². The van der Waals surface area contributed by atoms with E-state index >= 15 is 0 Å². The van der Waals surface area contributed by atoms with Gasteiger partial charge in [-0.1, -0.05) is 227 Å². The van der Waals surface area contributed by atoms with E-state index in [2.05, 4.69) is 275 Å². The Labute approximate surface area is 461 Å². The van der Waals surface area contributed by atoms with Crippen molar-refractivity contribution in [1.29, 1.82) is 0 Å². The zero-order valence-corrected chi connectivity index (χ0v) is 53.0. The zero-order chi connectivity index (χ0) is 56.4. The first-order chi connectivity index (χ1) is 34.7. The van der Waals surface area contributed by atoms with Gasteiger partial charge in [0.2, 0.25) is 8.30 Å². The van der Waals surface area contributed by atoms with Crippen molar-refractivity contribution in [3.63, 3.8) is 0 Å². The van der Waals surface area contributed by atoms with Gasteiger partial charge in [0.1, 0.15) is 22.7 Å². The lowest BCUT2D eigenvalue weighted by Gasteiger charge is -2.38. The first kappa shape index (κ1) is 57.2. The van der Waals surface area contributed by atoms with E-state index in [4.69, 9.17) is 17.4 Å². The van der Waals surface area contributed by atoms with Gasteiger partial charge in [-0.15, -0.1) is 0 Å². The van der Waals surface area contributed by atoms with Crippen molar-refractivity contribution in [3.05, 3.63) is 142 Å². The number of para-hydroxylation sites is 1. The van der Waals surface area contributed by atoms with Crippen LogP contribution in [0.25, 0.3) is 44.2 Å². The number of nitrogens with zero attached hydrogens (tertiary/aromatic N) is 1. The van der Waals surface area contributed by atoms with E-state index in [1.807, 2.05) is 0 Å². The Morgan fingerprint density at radius 1 is 0.355 bits per heavy atom. The molecule has 0 amide bonds. The number of rotatable bonds is 5. The molecular formula is C69H91NO4P2. The van der Waals surface area contributed by atoms with Crippen LogP contribution in [0.5, 0.6) is 11.5 Å². The number of hydrogen-bond donors (Lipinski definition) is 0. The second kappa shape index (κ2) is 19.2. The minimum absolute atomic E-state index is 0.129. The predicted octanol–water partition coefficient (Wildman–Crippen LogP) is 21.3. The Bertz CT molecular complexity index is 3320. The van der Waals surface area contributed by atoms with Crippen LogP contribution in [-0.4, -0.2) is 7.05 Å². The maximum Gasteiger partial charge on any atom is 0.453 e. The van der Waals surface area contributed by atoms with Crippen LogP contribution >= 0.6 is 16.5 Å². The zero-order valence-electron chi connectivity index (χ0n) is 51.2. The standard InChI is InChI=1S/C69H91NO4P2/c1-62(2,3)42-34-48(58(52(38-42)66(13,14)15)71-75-57-33-29-27-31-47(57)46-30-26-28-32-56(46)70(75)25)49-35-43(63(4,5)6)39-53(67(16,17)18)59(49)72-76-73-60-50(36-44(64(7,8)9)40-54(60)68(19,20)21)51-37-45(65(10,11)12)41-55(61(51)74-76)69(22,23)24/h26-41H,1-25H3. The minimum Gasteiger partial charge on any atom is -0.448 e. The summed E-state index contributed by atoms with van der Waals surface area (Å²) in [6, 6.07) is 36.6. The van der Waals surface area contributed by atoms with E-state index in [0.29, 0.717) is 0 Å². The molecule has 6 aromatic carbocycles. The Morgan fingerprint density at radius 2 is 0.697 bits per heavy atom. The molecule has 7 heteroatoms. The summed E-state index contributed by atoms with van der Waals surface area (Å²) in [5, 5.41) is 3.27. The fourth-order valence-corrected chi connectivity index (χ4v) is 13.3. The number of anilines is 1. The van der Waals surface area contributed by atoms with Crippen molar-refractivity contribution in [2.24, 2.45) is 0 Å². The van der Waals surface area contributed by atoms with E-state index in [1.54, 1.807) is 0 Å². The normalized spacial score (nSPS) is 15.0. The van der Waals surface area contributed by atoms with E-state index in [9.17, 15) is 0 Å². The van der Waals surface area contributed by atoms with E-state index in [0.717, 1.165) is 72.5 Å². The third-order valence-electron chi connectivity index (χ3n) is 15.2. The van der Waals surface area contributed by atoms with Crippen molar-refractivity contribution in [3.8, 4) is 33.8 Å². The monoisotopic (exact) mass is 1060 g/mol. The van der Waals surface area contributed by atoms with Gasteiger partial charge in [-0.2, -0.15) is 0 Å². The van der Waals surface area contributed by atoms with Crippen LogP contribution < -0.4 is 19.0 Å². The molecule has 1 aliphatic heterocycles. The maximum atomic E-state index is 7.93. The Morgan fingerprint density at radius 3 is 1.09 bits per heavy atom. The number of hydrogen-bond acceptors (Lipinski definition) is 5. The number of benzene rings is 6. The molecule has 2 heterocycles. The van der Waals surface area contributed by atoms with Crippen LogP contribution in [0.1, 0.15) is 211 Å². The first-order valence-electron chi connectivity index (χ1n) is 27.7. The predicted molar refractivity (Wildman–Crippen MR) is 331 cm³/mol. The van der Waals surface area contributed by atoms with Crippen LogP contribution in [0, 0.1) is 0 Å². The highest BCUT2D eigenvalue weighted by atomic mass is 31.2. The molecule has 0 saturated carbocycles. The fraction of sp³-hybridized carbons (Fsp3) is 0.478.